The summed E-state index contributed by atoms with van der Waals surface area (Å²) in [6.07, 6.45) is 1.48. The van der Waals surface area contributed by atoms with Crippen LogP contribution in [0.4, 0.5) is 0 Å². The fourth-order valence-electron chi connectivity index (χ4n) is 1.21. The number of hydrogen-bond acceptors (Lipinski definition) is 1. The Morgan fingerprint density at radius 1 is 1.14 bits per heavy atom. The van der Waals surface area contributed by atoms with Gasteiger partial charge in [-0.25, -0.2) is 0 Å². The second-order valence-electron chi connectivity index (χ2n) is 4.09. The van der Waals surface area contributed by atoms with E-state index in [1.54, 1.807) is 19.9 Å². The molecule has 78 valence electrons. The van der Waals surface area contributed by atoms with E-state index in [1.807, 2.05) is 12.1 Å². The number of rotatable bonds is 3. The second kappa shape index (κ2) is 4.52. The van der Waals surface area contributed by atoms with Crippen LogP contribution >= 0.6 is 23.2 Å². The zero-order valence-corrected chi connectivity index (χ0v) is 9.86. The van der Waals surface area contributed by atoms with Gasteiger partial charge in [0.15, 0.2) is 0 Å². The molecule has 1 N–H and O–H groups in total. The van der Waals surface area contributed by atoms with E-state index >= 15 is 0 Å². The monoisotopic (exact) mass is 232 g/mol. The van der Waals surface area contributed by atoms with Gasteiger partial charge in [-0.15, -0.1) is 0 Å². The molecule has 14 heavy (non-hydrogen) atoms. The molecule has 0 heterocycles. The topological polar surface area (TPSA) is 20.2 Å². The summed E-state index contributed by atoms with van der Waals surface area (Å²) in [7, 11) is 0. The van der Waals surface area contributed by atoms with Gasteiger partial charge in [-0.05, 0) is 50.5 Å². The molecule has 0 unspecified atom stereocenters. The fraction of sp³-hybridized carbons (Fsp3) is 0.455. The molecule has 0 aliphatic carbocycles. The van der Waals surface area contributed by atoms with Gasteiger partial charge in [0.2, 0.25) is 0 Å². The molecular formula is C11H14Cl2O. The lowest BCUT2D eigenvalue weighted by Crippen LogP contribution is -2.19. The fourth-order valence-corrected chi connectivity index (χ4v) is 1.78. The van der Waals surface area contributed by atoms with Crippen molar-refractivity contribution >= 4 is 23.2 Å². The Kier molecular flexibility index (Phi) is 3.82. The van der Waals surface area contributed by atoms with Crippen LogP contribution < -0.4 is 0 Å². The molecule has 0 aromatic heterocycles. The van der Waals surface area contributed by atoms with Crippen LogP contribution in [0.5, 0.6) is 0 Å². The van der Waals surface area contributed by atoms with Crippen LogP contribution in [0.2, 0.25) is 10.0 Å². The molecule has 1 rings (SSSR count). The number of aliphatic hydroxyl groups is 1. The summed E-state index contributed by atoms with van der Waals surface area (Å²) in [6, 6.07) is 5.45. The van der Waals surface area contributed by atoms with Crippen molar-refractivity contribution in [1.82, 2.24) is 0 Å². The zero-order chi connectivity index (χ0) is 10.8. The van der Waals surface area contributed by atoms with E-state index < -0.39 is 5.60 Å². The summed E-state index contributed by atoms with van der Waals surface area (Å²) in [5, 5.41) is 10.8. The molecule has 0 saturated carbocycles. The summed E-state index contributed by atoms with van der Waals surface area (Å²) >= 11 is 11.7. The Morgan fingerprint density at radius 3 is 2.07 bits per heavy atom. The van der Waals surface area contributed by atoms with E-state index in [0.29, 0.717) is 16.5 Å². The molecule has 0 aliphatic rings. The first-order chi connectivity index (χ1) is 6.37. The summed E-state index contributed by atoms with van der Waals surface area (Å²) < 4.78 is 0. The molecule has 0 fully saturated rings. The number of aryl methyl sites for hydroxylation is 1. The highest BCUT2D eigenvalue weighted by atomic mass is 35.5. The van der Waals surface area contributed by atoms with Crippen LogP contribution in [0.3, 0.4) is 0 Å². The molecule has 0 bridgehead atoms. The lowest BCUT2D eigenvalue weighted by Gasteiger charge is -2.16. The smallest absolute Gasteiger partial charge is 0.0594 e. The molecule has 3 heteroatoms. The van der Waals surface area contributed by atoms with Crippen molar-refractivity contribution in [3.63, 3.8) is 0 Å². The maximum atomic E-state index is 9.55. The molecule has 0 amide bonds. The van der Waals surface area contributed by atoms with Crippen LogP contribution in [0.25, 0.3) is 0 Å². The van der Waals surface area contributed by atoms with Crippen LogP contribution in [-0.4, -0.2) is 10.7 Å². The van der Waals surface area contributed by atoms with Gasteiger partial charge in [0, 0.05) is 10.0 Å². The van der Waals surface area contributed by atoms with Gasteiger partial charge in [-0.1, -0.05) is 23.2 Å². The van der Waals surface area contributed by atoms with Crippen molar-refractivity contribution in [2.45, 2.75) is 32.3 Å². The molecule has 1 aromatic rings. The maximum absolute atomic E-state index is 9.55. The third-order valence-corrected chi connectivity index (χ3v) is 2.38. The van der Waals surface area contributed by atoms with Gasteiger partial charge < -0.3 is 5.11 Å². The first-order valence-electron chi connectivity index (χ1n) is 4.54. The molecule has 0 atom stereocenters. The molecule has 1 aromatic carbocycles. The van der Waals surface area contributed by atoms with E-state index in [1.165, 1.54) is 0 Å². The van der Waals surface area contributed by atoms with Gasteiger partial charge in [-0.2, -0.15) is 0 Å². The average Bonchev–Trinajstić information content (AvgIpc) is 1.97. The van der Waals surface area contributed by atoms with Crippen molar-refractivity contribution in [3.05, 3.63) is 33.8 Å². The van der Waals surface area contributed by atoms with Crippen molar-refractivity contribution in [2.75, 3.05) is 0 Å². The minimum atomic E-state index is -0.644. The van der Waals surface area contributed by atoms with E-state index in [4.69, 9.17) is 23.2 Å². The van der Waals surface area contributed by atoms with Crippen LogP contribution in [0.1, 0.15) is 25.8 Å². The summed E-state index contributed by atoms with van der Waals surface area (Å²) in [5.74, 6) is 0. The lowest BCUT2D eigenvalue weighted by molar-refractivity contribution is 0.0714. The van der Waals surface area contributed by atoms with Gasteiger partial charge in [-0.3, -0.25) is 0 Å². The normalized spacial score (nSPS) is 11.8. The summed E-state index contributed by atoms with van der Waals surface area (Å²) in [4.78, 5) is 0. The molecule has 0 spiro atoms. The van der Waals surface area contributed by atoms with E-state index in [-0.39, 0.29) is 0 Å². The highest BCUT2D eigenvalue weighted by Gasteiger charge is 2.12. The first-order valence-corrected chi connectivity index (χ1v) is 5.30. The van der Waals surface area contributed by atoms with Crippen molar-refractivity contribution < 1.29 is 5.11 Å². The number of hydrogen-bond donors (Lipinski definition) is 1. The van der Waals surface area contributed by atoms with Gasteiger partial charge in [0.1, 0.15) is 0 Å². The number of benzene rings is 1. The van der Waals surface area contributed by atoms with E-state index in [9.17, 15) is 5.11 Å². The predicted molar refractivity (Wildman–Crippen MR) is 61.1 cm³/mol. The largest absolute Gasteiger partial charge is 0.390 e. The third kappa shape index (κ3) is 4.32. The van der Waals surface area contributed by atoms with E-state index in [2.05, 4.69) is 0 Å². The summed E-state index contributed by atoms with van der Waals surface area (Å²) in [6.45, 7) is 3.58. The SMILES string of the molecule is CC(C)(O)CCc1cc(Cl)cc(Cl)c1. The number of halogens is 2. The maximum Gasteiger partial charge on any atom is 0.0594 e. The molecule has 1 nitrogen and oxygen atoms in total. The Balaban J connectivity index is 2.68. The molecule has 0 saturated heterocycles. The van der Waals surface area contributed by atoms with E-state index in [0.717, 1.165) is 12.0 Å². The highest BCUT2D eigenvalue weighted by molar-refractivity contribution is 6.34. The minimum Gasteiger partial charge on any atom is -0.390 e. The summed E-state index contributed by atoms with van der Waals surface area (Å²) in [5.41, 5.74) is 0.416. The molecular weight excluding hydrogens is 219 g/mol. The highest BCUT2D eigenvalue weighted by Crippen LogP contribution is 2.21. The third-order valence-electron chi connectivity index (χ3n) is 1.95. The molecule has 0 aliphatic heterocycles. The lowest BCUT2D eigenvalue weighted by atomic mass is 9.99. The predicted octanol–water partition coefficient (Wildman–Crippen LogP) is 3.70. The van der Waals surface area contributed by atoms with Crippen molar-refractivity contribution in [2.24, 2.45) is 0 Å². The Hall–Kier alpha value is -0.240. The molecule has 0 radical (unpaired) electrons. The Morgan fingerprint density at radius 2 is 1.64 bits per heavy atom. The second-order valence-corrected chi connectivity index (χ2v) is 4.96. The van der Waals surface area contributed by atoms with Crippen molar-refractivity contribution in [3.8, 4) is 0 Å². The van der Waals surface area contributed by atoms with Gasteiger partial charge in [0.25, 0.3) is 0 Å². The first kappa shape index (κ1) is 11.8. The average molecular weight is 233 g/mol. The van der Waals surface area contributed by atoms with Crippen LogP contribution in [0, 0.1) is 0 Å². The van der Waals surface area contributed by atoms with Gasteiger partial charge >= 0.3 is 0 Å². The van der Waals surface area contributed by atoms with Crippen LogP contribution in [-0.2, 0) is 6.42 Å². The van der Waals surface area contributed by atoms with Crippen LogP contribution in [0.15, 0.2) is 18.2 Å². The van der Waals surface area contributed by atoms with Gasteiger partial charge in [0.05, 0.1) is 5.60 Å². The Bertz CT molecular complexity index is 295. The Labute approximate surface area is 94.7 Å². The van der Waals surface area contributed by atoms with Crippen molar-refractivity contribution in [1.29, 1.82) is 0 Å². The quantitative estimate of drug-likeness (QED) is 0.843. The standard InChI is InChI=1S/C11H14Cl2O/c1-11(2,14)4-3-8-5-9(12)7-10(13)6-8/h5-7,14H,3-4H2,1-2H3. The minimum absolute atomic E-state index is 0.642. The zero-order valence-electron chi connectivity index (χ0n) is 8.35.